The number of aliphatic imine (C=N–C) groups is 1. The predicted octanol–water partition coefficient (Wildman–Crippen LogP) is 4.40. The van der Waals surface area contributed by atoms with E-state index in [0.717, 1.165) is 24.3 Å². The smallest absolute Gasteiger partial charge is 0.0632 e. The fraction of sp³-hybridized carbons (Fsp3) is 0.400. The molecular weight excluding hydrogens is 194 g/mol. The second-order valence-electron chi connectivity index (χ2n) is 4.15. The molecule has 1 nitrogen and oxygen atoms in total. The van der Waals surface area contributed by atoms with Crippen molar-refractivity contribution in [2.45, 2.75) is 40.5 Å². The third kappa shape index (κ3) is 3.06. The van der Waals surface area contributed by atoms with Gasteiger partial charge in [0, 0.05) is 11.3 Å². The Morgan fingerprint density at radius 2 is 2.00 bits per heavy atom. The Morgan fingerprint density at radius 3 is 2.56 bits per heavy atom. The van der Waals surface area contributed by atoms with Crippen LogP contribution in [0, 0.1) is 6.92 Å². The molecule has 0 amide bonds. The second kappa shape index (κ2) is 5.64. The van der Waals surface area contributed by atoms with E-state index in [2.05, 4.69) is 50.5 Å². The maximum Gasteiger partial charge on any atom is 0.0632 e. The van der Waals surface area contributed by atoms with Crippen LogP contribution in [0.15, 0.2) is 29.8 Å². The number of rotatable bonds is 4. The molecular formula is C15H21N. The lowest BCUT2D eigenvalue weighted by Crippen LogP contribution is -1.93. The summed E-state index contributed by atoms with van der Waals surface area (Å²) in [6.07, 6.45) is 2.03. The molecule has 0 N–H and O–H groups in total. The monoisotopic (exact) mass is 215 g/mol. The van der Waals surface area contributed by atoms with E-state index < -0.39 is 0 Å². The van der Waals surface area contributed by atoms with Gasteiger partial charge in [-0.05, 0) is 43.9 Å². The molecule has 0 bridgehead atoms. The van der Waals surface area contributed by atoms with E-state index in [1.54, 1.807) is 0 Å². The zero-order valence-corrected chi connectivity index (χ0v) is 10.8. The van der Waals surface area contributed by atoms with E-state index in [-0.39, 0.29) is 0 Å². The first-order valence-electron chi connectivity index (χ1n) is 5.91. The van der Waals surface area contributed by atoms with Crippen molar-refractivity contribution in [1.82, 2.24) is 0 Å². The number of nitrogens with zero attached hydrogens (tertiary/aromatic N) is 1. The topological polar surface area (TPSA) is 12.4 Å². The number of benzene rings is 1. The molecule has 0 heterocycles. The highest BCUT2D eigenvalue weighted by Crippen LogP contribution is 2.20. The number of aryl methyl sites for hydroxylation is 2. The van der Waals surface area contributed by atoms with Gasteiger partial charge in [-0.1, -0.05) is 32.6 Å². The highest BCUT2D eigenvalue weighted by molar-refractivity contribution is 5.87. The Balaban J connectivity index is 3.07. The van der Waals surface area contributed by atoms with Crippen LogP contribution in [0.3, 0.4) is 0 Å². The summed E-state index contributed by atoms with van der Waals surface area (Å²) in [7, 11) is 0. The molecule has 0 unspecified atom stereocenters. The summed E-state index contributed by atoms with van der Waals surface area (Å²) < 4.78 is 0. The molecule has 0 fully saturated rings. The molecule has 1 aromatic carbocycles. The standard InChI is InChI=1S/C15H21N/c1-6-12(4)16-13(5)15-10-14(7-2)9-8-11(15)3/h8-10H,5-7H2,1-4H3/b16-12-. The van der Waals surface area contributed by atoms with Crippen LogP contribution in [0.2, 0.25) is 0 Å². The minimum Gasteiger partial charge on any atom is -0.258 e. The van der Waals surface area contributed by atoms with E-state index in [0.29, 0.717) is 0 Å². The Kier molecular flexibility index (Phi) is 4.48. The molecule has 0 aliphatic heterocycles. The molecule has 0 saturated carbocycles. The summed E-state index contributed by atoms with van der Waals surface area (Å²) in [5.41, 5.74) is 5.77. The van der Waals surface area contributed by atoms with Crippen LogP contribution in [0.1, 0.15) is 43.9 Å². The van der Waals surface area contributed by atoms with Gasteiger partial charge in [-0.25, -0.2) is 0 Å². The summed E-state index contributed by atoms with van der Waals surface area (Å²) in [6, 6.07) is 6.52. The fourth-order valence-electron chi connectivity index (χ4n) is 1.57. The highest BCUT2D eigenvalue weighted by Gasteiger charge is 2.03. The van der Waals surface area contributed by atoms with Gasteiger partial charge in [0.05, 0.1) is 5.70 Å². The normalized spacial score (nSPS) is 11.6. The molecule has 0 aliphatic rings. The molecule has 0 radical (unpaired) electrons. The minimum absolute atomic E-state index is 0.882. The number of hydrogen-bond donors (Lipinski definition) is 0. The maximum absolute atomic E-state index is 4.52. The van der Waals surface area contributed by atoms with Gasteiger partial charge in [0.2, 0.25) is 0 Å². The van der Waals surface area contributed by atoms with Crippen LogP contribution in [-0.2, 0) is 6.42 Å². The molecule has 0 aromatic heterocycles. The fourth-order valence-corrected chi connectivity index (χ4v) is 1.57. The molecule has 1 rings (SSSR count). The molecule has 1 heteroatoms. The third-order valence-corrected chi connectivity index (χ3v) is 2.86. The molecule has 0 spiro atoms. The van der Waals surface area contributed by atoms with Crippen molar-refractivity contribution < 1.29 is 0 Å². The van der Waals surface area contributed by atoms with Crippen molar-refractivity contribution in [3.8, 4) is 0 Å². The van der Waals surface area contributed by atoms with Crippen LogP contribution in [-0.4, -0.2) is 5.71 Å². The summed E-state index contributed by atoms with van der Waals surface area (Å²) in [6.45, 7) is 12.5. The number of hydrogen-bond acceptors (Lipinski definition) is 1. The quantitative estimate of drug-likeness (QED) is 0.660. The molecule has 86 valence electrons. The zero-order chi connectivity index (χ0) is 12.1. The van der Waals surface area contributed by atoms with Gasteiger partial charge in [-0.2, -0.15) is 0 Å². The van der Waals surface area contributed by atoms with Crippen molar-refractivity contribution in [1.29, 1.82) is 0 Å². The van der Waals surface area contributed by atoms with Crippen molar-refractivity contribution in [3.05, 3.63) is 41.5 Å². The van der Waals surface area contributed by atoms with E-state index in [4.69, 9.17) is 0 Å². The molecule has 0 atom stereocenters. The van der Waals surface area contributed by atoms with Crippen LogP contribution >= 0.6 is 0 Å². The summed E-state index contributed by atoms with van der Waals surface area (Å²) in [5.74, 6) is 0. The second-order valence-corrected chi connectivity index (χ2v) is 4.15. The first kappa shape index (κ1) is 12.7. The predicted molar refractivity (Wildman–Crippen MR) is 73.0 cm³/mol. The SMILES string of the molecule is C=C(/N=C(/C)CC)c1cc(CC)ccc1C. The van der Waals surface area contributed by atoms with Crippen LogP contribution in [0.4, 0.5) is 0 Å². The van der Waals surface area contributed by atoms with E-state index in [1.807, 2.05) is 6.92 Å². The summed E-state index contributed by atoms with van der Waals surface area (Å²) >= 11 is 0. The van der Waals surface area contributed by atoms with Gasteiger partial charge >= 0.3 is 0 Å². The Morgan fingerprint density at radius 1 is 1.31 bits per heavy atom. The lowest BCUT2D eigenvalue weighted by Gasteiger charge is -2.08. The molecule has 0 saturated heterocycles. The highest BCUT2D eigenvalue weighted by atomic mass is 14.7. The third-order valence-electron chi connectivity index (χ3n) is 2.86. The van der Waals surface area contributed by atoms with Crippen molar-refractivity contribution in [3.63, 3.8) is 0 Å². The van der Waals surface area contributed by atoms with Crippen molar-refractivity contribution >= 4 is 11.4 Å². The summed E-state index contributed by atoms with van der Waals surface area (Å²) in [4.78, 5) is 4.52. The lowest BCUT2D eigenvalue weighted by atomic mass is 10.0. The summed E-state index contributed by atoms with van der Waals surface area (Å²) in [5, 5.41) is 0. The van der Waals surface area contributed by atoms with Gasteiger partial charge in [0.25, 0.3) is 0 Å². The van der Waals surface area contributed by atoms with Gasteiger partial charge in [0.15, 0.2) is 0 Å². The van der Waals surface area contributed by atoms with Crippen LogP contribution in [0.5, 0.6) is 0 Å². The Hall–Kier alpha value is -1.37. The molecule has 16 heavy (non-hydrogen) atoms. The van der Waals surface area contributed by atoms with Gasteiger partial charge in [-0.15, -0.1) is 0 Å². The van der Waals surface area contributed by atoms with E-state index >= 15 is 0 Å². The van der Waals surface area contributed by atoms with Crippen LogP contribution in [0.25, 0.3) is 5.70 Å². The average molecular weight is 215 g/mol. The molecule has 0 aliphatic carbocycles. The van der Waals surface area contributed by atoms with Crippen molar-refractivity contribution in [2.75, 3.05) is 0 Å². The zero-order valence-electron chi connectivity index (χ0n) is 10.8. The van der Waals surface area contributed by atoms with Crippen LogP contribution < -0.4 is 0 Å². The maximum atomic E-state index is 4.52. The van der Waals surface area contributed by atoms with Crippen molar-refractivity contribution in [2.24, 2.45) is 4.99 Å². The van der Waals surface area contributed by atoms with Gasteiger partial charge in [-0.3, -0.25) is 4.99 Å². The minimum atomic E-state index is 0.882. The Labute approximate surface area is 98.9 Å². The average Bonchev–Trinajstić information content (AvgIpc) is 2.29. The first-order chi connectivity index (χ1) is 7.58. The van der Waals surface area contributed by atoms with E-state index in [9.17, 15) is 0 Å². The van der Waals surface area contributed by atoms with Gasteiger partial charge in [0.1, 0.15) is 0 Å². The van der Waals surface area contributed by atoms with Gasteiger partial charge < -0.3 is 0 Å². The first-order valence-corrected chi connectivity index (χ1v) is 5.91. The van der Waals surface area contributed by atoms with E-state index in [1.165, 1.54) is 16.7 Å². The lowest BCUT2D eigenvalue weighted by molar-refractivity contribution is 1.13. The largest absolute Gasteiger partial charge is 0.258 e. The Bertz CT molecular complexity index is 413. The molecule has 1 aromatic rings.